The van der Waals surface area contributed by atoms with Gasteiger partial charge in [-0.1, -0.05) is 27.2 Å². The van der Waals surface area contributed by atoms with Crippen LogP contribution >= 0.6 is 23.2 Å². The summed E-state index contributed by atoms with van der Waals surface area (Å²) in [5.74, 6) is 0.563. The maximum absolute atomic E-state index is 6.60. The lowest BCUT2D eigenvalue weighted by molar-refractivity contribution is -0.174. The molecule has 112 valence electrons. The Labute approximate surface area is 127 Å². The molecular formula is C15H26Cl2O2. The van der Waals surface area contributed by atoms with Crippen LogP contribution in [-0.4, -0.2) is 30.8 Å². The Bertz CT molecular complexity index is 321. The first-order valence-corrected chi connectivity index (χ1v) is 8.10. The molecule has 0 saturated heterocycles. The minimum atomic E-state index is 0.0182. The molecule has 2 fully saturated rings. The Kier molecular flexibility index (Phi) is 4.77. The van der Waals surface area contributed by atoms with Gasteiger partial charge in [-0.15, -0.1) is 23.2 Å². The summed E-state index contributed by atoms with van der Waals surface area (Å²) in [4.78, 5) is 0. The van der Waals surface area contributed by atoms with Crippen molar-refractivity contribution in [2.45, 2.75) is 63.3 Å². The summed E-state index contributed by atoms with van der Waals surface area (Å²) in [7, 11) is 1.67. The number of ether oxygens (including phenoxy) is 2. The second kappa shape index (κ2) is 5.71. The van der Waals surface area contributed by atoms with Gasteiger partial charge in [0, 0.05) is 7.11 Å². The quantitative estimate of drug-likeness (QED) is 0.567. The van der Waals surface area contributed by atoms with Crippen LogP contribution in [0.2, 0.25) is 0 Å². The predicted molar refractivity (Wildman–Crippen MR) is 79.9 cm³/mol. The van der Waals surface area contributed by atoms with E-state index >= 15 is 0 Å². The van der Waals surface area contributed by atoms with E-state index in [1.54, 1.807) is 7.11 Å². The van der Waals surface area contributed by atoms with Crippen molar-refractivity contribution in [1.29, 1.82) is 0 Å². The number of halogens is 2. The smallest absolute Gasteiger partial charge is 0.146 e. The summed E-state index contributed by atoms with van der Waals surface area (Å²) in [6.07, 6.45) is 4.70. The second-order valence-electron chi connectivity index (χ2n) is 6.99. The van der Waals surface area contributed by atoms with E-state index in [-0.39, 0.29) is 27.7 Å². The third-order valence-corrected chi connectivity index (χ3v) is 6.84. The SMILES string of the molecule is COCO[C@H]1CCC[C@H]2C(C)(C)[C@H](Cl)[C@@H](Cl)C[C@]12C. The summed E-state index contributed by atoms with van der Waals surface area (Å²) in [5.41, 5.74) is 0.161. The van der Waals surface area contributed by atoms with Gasteiger partial charge in [0.15, 0.2) is 0 Å². The Hall–Kier alpha value is 0.500. The first kappa shape index (κ1) is 15.9. The number of hydrogen-bond donors (Lipinski definition) is 0. The fourth-order valence-corrected chi connectivity index (χ4v) is 5.39. The van der Waals surface area contributed by atoms with Crippen LogP contribution < -0.4 is 0 Å². The molecule has 0 bridgehead atoms. The summed E-state index contributed by atoms with van der Waals surface area (Å²) in [6, 6.07) is 0. The minimum Gasteiger partial charge on any atom is -0.359 e. The average Bonchev–Trinajstić information content (AvgIpc) is 2.34. The van der Waals surface area contributed by atoms with E-state index in [1.807, 2.05) is 0 Å². The van der Waals surface area contributed by atoms with Gasteiger partial charge in [-0.2, -0.15) is 0 Å². The molecule has 0 unspecified atom stereocenters. The molecule has 2 nitrogen and oxygen atoms in total. The standard InChI is InChI=1S/C15H26Cl2O2/c1-14(2)11-6-5-7-12(19-9-18-4)15(11,3)8-10(16)13(14)17/h10-13H,5-9H2,1-4H3/t10-,11-,12-,13+,15-/m0/s1. The van der Waals surface area contributed by atoms with Crippen molar-refractivity contribution in [3.05, 3.63) is 0 Å². The van der Waals surface area contributed by atoms with Crippen molar-refractivity contribution in [2.75, 3.05) is 13.9 Å². The number of alkyl halides is 2. The summed E-state index contributed by atoms with van der Waals surface area (Å²) in [5, 5.41) is 0.0538. The van der Waals surface area contributed by atoms with Gasteiger partial charge in [0.2, 0.25) is 0 Å². The van der Waals surface area contributed by atoms with E-state index in [1.165, 1.54) is 12.8 Å². The molecule has 0 aromatic rings. The normalized spacial score (nSPS) is 45.8. The highest BCUT2D eigenvalue weighted by atomic mass is 35.5. The average molecular weight is 309 g/mol. The highest BCUT2D eigenvalue weighted by Crippen LogP contribution is 2.60. The van der Waals surface area contributed by atoms with E-state index in [0.29, 0.717) is 12.7 Å². The van der Waals surface area contributed by atoms with Crippen LogP contribution in [0, 0.1) is 16.7 Å². The molecule has 0 radical (unpaired) electrons. The van der Waals surface area contributed by atoms with Crippen LogP contribution in [0.25, 0.3) is 0 Å². The van der Waals surface area contributed by atoms with E-state index < -0.39 is 0 Å². The second-order valence-corrected chi connectivity index (χ2v) is 8.03. The largest absolute Gasteiger partial charge is 0.359 e. The zero-order valence-corrected chi connectivity index (χ0v) is 13.9. The zero-order valence-electron chi connectivity index (χ0n) is 12.4. The topological polar surface area (TPSA) is 18.5 Å². The van der Waals surface area contributed by atoms with Gasteiger partial charge in [-0.3, -0.25) is 0 Å². The predicted octanol–water partition coefficient (Wildman–Crippen LogP) is 4.43. The van der Waals surface area contributed by atoms with Crippen molar-refractivity contribution in [2.24, 2.45) is 16.7 Å². The van der Waals surface area contributed by atoms with Crippen molar-refractivity contribution >= 4 is 23.2 Å². The van der Waals surface area contributed by atoms with Crippen LogP contribution in [0.15, 0.2) is 0 Å². The Morgan fingerprint density at radius 2 is 1.84 bits per heavy atom. The van der Waals surface area contributed by atoms with Gasteiger partial charge in [0.05, 0.1) is 16.9 Å². The number of fused-ring (bicyclic) bond motifs is 1. The highest BCUT2D eigenvalue weighted by molar-refractivity contribution is 6.30. The van der Waals surface area contributed by atoms with Gasteiger partial charge in [0.1, 0.15) is 6.79 Å². The number of rotatable bonds is 3. The molecule has 0 aromatic carbocycles. The molecule has 0 spiro atoms. The maximum Gasteiger partial charge on any atom is 0.146 e. The fourth-order valence-electron chi connectivity index (χ4n) is 4.49. The monoisotopic (exact) mass is 308 g/mol. The third kappa shape index (κ3) is 2.66. The Balaban J connectivity index is 2.26. The molecule has 19 heavy (non-hydrogen) atoms. The first-order valence-electron chi connectivity index (χ1n) is 7.22. The molecule has 0 N–H and O–H groups in total. The summed E-state index contributed by atoms with van der Waals surface area (Å²) in [6.45, 7) is 7.23. The lowest BCUT2D eigenvalue weighted by Gasteiger charge is -2.59. The zero-order chi connectivity index (χ0) is 14.3. The van der Waals surface area contributed by atoms with Crippen LogP contribution in [0.3, 0.4) is 0 Å². The highest BCUT2D eigenvalue weighted by Gasteiger charge is 2.58. The Morgan fingerprint density at radius 1 is 1.16 bits per heavy atom. The van der Waals surface area contributed by atoms with Crippen LogP contribution in [0.5, 0.6) is 0 Å². The molecule has 2 saturated carbocycles. The molecular weight excluding hydrogens is 283 g/mol. The fraction of sp³-hybridized carbons (Fsp3) is 1.00. The maximum atomic E-state index is 6.60. The minimum absolute atomic E-state index is 0.0182. The van der Waals surface area contributed by atoms with Crippen LogP contribution in [-0.2, 0) is 9.47 Å². The number of hydrogen-bond acceptors (Lipinski definition) is 2. The number of methoxy groups -OCH3 is 1. The molecule has 2 rings (SSSR count). The lowest BCUT2D eigenvalue weighted by Crippen LogP contribution is -2.59. The van der Waals surface area contributed by atoms with Gasteiger partial charge in [0.25, 0.3) is 0 Å². The van der Waals surface area contributed by atoms with Crippen LogP contribution in [0.1, 0.15) is 46.5 Å². The van der Waals surface area contributed by atoms with E-state index in [0.717, 1.165) is 12.8 Å². The molecule has 0 aromatic heterocycles. The Morgan fingerprint density at radius 3 is 2.47 bits per heavy atom. The summed E-state index contributed by atoms with van der Waals surface area (Å²) < 4.78 is 11.0. The van der Waals surface area contributed by atoms with Crippen LogP contribution in [0.4, 0.5) is 0 Å². The molecule has 4 heteroatoms. The molecule has 0 amide bonds. The molecule has 0 aliphatic heterocycles. The molecule has 2 aliphatic carbocycles. The van der Waals surface area contributed by atoms with Gasteiger partial charge in [-0.05, 0) is 36.0 Å². The third-order valence-electron chi connectivity index (χ3n) is 5.44. The molecule has 0 heterocycles. The lowest BCUT2D eigenvalue weighted by atomic mass is 9.50. The van der Waals surface area contributed by atoms with E-state index in [4.69, 9.17) is 32.7 Å². The van der Waals surface area contributed by atoms with Crippen molar-refractivity contribution in [3.8, 4) is 0 Å². The van der Waals surface area contributed by atoms with Gasteiger partial charge >= 0.3 is 0 Å². The van der Waals surface area contributed by atoms with Crippen molar-refractivity contribution in [1.82, 2.24) is 0 Å². The van der Waals surface area contributed by atoms with E-state index in [9.17, 15) is 0 Å². The molecule has 2 aliphatic rings. The van der Waals surface area contributed by atoms with Crippen molar-refractivity contribution < 1.29 is 9.47 Å². The van der Waals surface area contributed by atoms with Gasteiger partial charge in [-0.25, -0.2) is 0 Å². The van der Waals surface area contributed by atoms with Gasteiger partial charge < -0.3 is 9.47 Å². The van der Waals surface area contributed by atoms with Crippen molar-refractivity contribution in [3.63, 3.8) is 0 Å². The first-order chi connectivity index (χ1) is 8.84. The van der Waals surface area contributed by atoms with E-state index in [2.05, 4.69) is 20.8 Å². The molecule has 5 atom stereocenters. The summed E-state index contributed by atoms with van der Waals surface area (Å²) >= 11 is 13.1.